The number of aromatic carboxylic acids is 1. The van der Waals surface area contributed by atoms with Crippen molar-refractivity contribution in [1.82, 2.24) is 4.98 Å². The van der Waals surface area contributed by atoms with Crippen LogP contribution in [0.3, 0.4) is 0 Å². The van der Waals surface area contributed by atoms with Crippen molar-refractivity contribution in [3.63, 3.8) is 0 Å². The van der Waals surface area contributed by atoms with Gasteiger partial charge in [-0.2, -0.15) is 0 Å². The number of nitrogens with one attached hydrogen (secondary N) is 1. The highest BCUT2D eigenvalue weighted by atomic mass is 19.1. The van der Waals surface area contributed by atoms with E-state index in [1.807, 2.05) is 6.07 Å². The number of carboxylic acids is 1. The van der Waals surface area contributed by atoms with Gasteiger partial charge in [-0.3, -0.25) is 9.79 Å². The monoisotopic (exact) mass is 375 g/mol. The Labute approximate surface area is 159 Å². The summed E-state index contributed by atoms with van der Waals surface area (Å²) >= 11 is 0. The van der Waals surface area contributed by atoms with Crippen LogP contribution in [0.25, 0.3) is 11.1 Å². The number of halogens is 1. The van der Waals surface area contributed by atoms with Gasteiger partial charge >= 0.3 is 5.97 Å². The summed E-state index contributed by atoms with van der Waals surface area (Å²) in [6, 6.07) is 14.5. The molecular weight excluding hydrogens is 361 g/mol. The summed E-state index contributed by atoms with van der Waals surface area (Å²) in [5, 5.41) is 11.9. The molecule has 28 heavy (non-hydrogen) atoms. The molecule has 1 aliphatic rings. The van der Waals surface area contributed by atoms with E-state index in [2.05, 4.69) is 15.3 Å². The first-order valence-corrected chi connectivity index (χ1v) is 8.47. The van der Waals surface area contributed by atoms with Crippen LogP contribution in [0.5, 0.6) is 0 Å². The molecule has 0 fully saturated rings. The molecule has 0 saturated carbocycles. The Hall–Kier alpha value is -3.87. The Morgan fingerprint density at radius 2 is 1.75 bits per heavy atom. The lowest BCUT2D eigenvalue weighted by atomic mass is 10.0. The molecular formula is C21H14FN3O3. The van der Waals surface area contributed by atoms with Gasteiger partial charge in [0.15, 0.2) is 0 Å². The van der Waals surface area contributed by atoms with E-state index in [0.29, 0.717) is 22.6 Å². The van der Waals surface area contributed by atoms with Crippen molar-refractivity contribution in [3.05, 3.63) is 77.9 Å². The van der Waals surface area contributed by atoms with Gasteiger partial charge in [0.25, 0.3) is 0 Å². The number of hydrogen-bond donors (Lipinski definition) is 2. The maximum absolute atomic E-state index is 13.1. The number of aromatic nitrogens is 1. The van der Waals surface area contributed by atoms with Crippen LogP contribution >= 0.6 is 0 Å². The molecule has 6 nitrogen and oxygen atoms in total. The van der Waals surface area contributed by atoms with Crippen LogP contribution in [0.15, 0.2) is 65.8 Å². The Kier molecular flexibility index (Phi) is 4.41. The van der Waals surface area contributed by atoms with Crippen molar-refractivity contribution in [1.29, 1.82) is 0 Å². The number of hydrogen-bond acceptors (Lipinski definition) is 4. The highest BCUT2D eigenvalue weighted by molar-refractivity contribution is 6.17. The maximum atomic E-state index is 13.1. The molecule has 2 N–H and O–H groups in total. The molecule has 4 rings (SSSR count). The largest absolute Gasteiger partial charge is 0.477 e. The zero-order valence-electron chi connectivity index (χ0n) is 14.5. The number of anilines is 1. The number of aliphatic imine (C=N–C) groups is 1. The molecule has 138 valence electrons. The summed E-state index contributed by atoms with van der Waals surface area (Å²) in [4.78, 5) is 31.9. The second kappa shape index (κ2) is 7.03. The lowest BCUT2D eigenvalue weighted by molar-refractivity contribution is -0.115. The normalized spacial score (nSPS) is 13.2. The van der Waals surface area contributed by atoms with Gasteiger partial charge in [-0.1, -0.05) is 18.2 Å². The number of carboxylic acid groups (broad SMARTS) is 1. The zero-order valence-corrected chi connectivity index (χ0v) is 14.5. The Bertz CT molecular complexity index is 1120. The number of carbonyl (C=O) groups is 2. The van der Waals surface area contributed by atoms with Gasteiger partial charge in [-0.05, 0) is 47.5 Å². The van der Waals surface area contributed by atoms with Crippen molar-refractivity contribution in [2.45, 2.75) is 6.42 Å². The average Bonchev–Trinajstić information content (AvgIpc) is 2.86. The van der Waals surface area contributed by atoms with Crippen molar-refractivity contribution in [2.75, 3.05) is 5.32 Å². The zero-order chi connectivity index (χ0) is 19.7. The number of pyridine rings is 1. The smallest absolute Gasteiger partial charge is 0.354 e. The van der Waals surface area contributed by atoms with E-state index in [4.69, 9.17) is 5.11 Å². The fourth-order valence-electron chi connectivity index (χ4n) is 2.98. The summed E-state index contributed by atoms with van der Waals surface area (Å²) in [6.07, 6.45) is 1.38. The predicted octanol–water partition coefficient (Wildman–Crippen LogP) is 4.05. The molecule has 3 aromatic rings. The lowest BCUT2D eigenvalue weighted by Gasteiger charge is -2.08. The van der Waals surface area contributed by atoms with Gasteiger partial charge in [-0.15, -0.1) is 0 Å². The van der Waals surface area contributed by atoms with E-state index in [1.54, 1.807) is 30.3 Å². The van der Waals surface area contributed by atoms with Gasteiger partial charge < -0.3 is 10.4 Å². The molecule has 0 saturated heterocycles. The summed E-state index contributed by atoms with van der Waals surface area (Å²) < 4.78 is 13.1. The van der Waals surface area contributed by atoms with Gasteiger partial charge in [0.05, 0.1) is 23.5 Å². The number of carbonyl (C=O) groups excluding carboxylic acids is 1. The third-order valence-corrected chi connectivity index (χ3v) is 4.34. The topological polar surface area (TPSA) is 91.7 Å². The molecule has 7 heteroatoms. The molecule has 2 aromatic carbocycles. The molecule has 1 aromatic heterocycles. The minimum atomic E-state index is -1.15. The second-order valence-electron chi connectivity index (χ2n) is 6.26. The minimum Gasteiger partial charge on any atom is -0.477 e. The van der Waals surface area contributed by atoms with Crippen LogP contribution in [-0.4, -0.2) is 27.7 Å². The van der Waals surface area contributed by atoms with E-state index < -0.39 is 5.97 Å². The molecule has 0 atom stereocenters. The molecule has 0 unspecified atom stereocenters. The van der Waals surface area contributed by atoms with Gasteiger partial charge in [-0.25, -0.2) is 14.2 Å². The number of benzene rings is 2. The summed E-state index contributed by atoms with van der Waals surface area (Å²) in [6.45, 7) is 0. The van der Waals surface area contributed by atoms with Crippen LogP contribution in [0.4, 0.5) is 15.8 Å². The Morgan fingerprint density at radius 3 is 2.50 bits per heavy atom. The molecule has 0 spiro atoms. The fourth-order valence-corrected chi connectivity index (χ4v) is 2.98. The molecule has 0 bridgehead atoms. The van der Waals surface area contributed by atoms with Crippen LogP contribution < -0.4 is 5.32 Å². The molecule has 0 radical (unpaired) electrons. The first-order chi connectivity index (χ1) is 13.5. The third-order valence-electron chi connectivity index (χ3n) is 4.34. The van der Waals surface area contributed by atoms with E-state index in [1.165, 1.54) is 24.4 Å². The van der Waals surface area contributed by atoms with Crippen LogP contribution in [0.1, 0.15) is 22.5 Å². The quantitative estimate of drug-likeness (QED) is 0.722. The Morgan fingerprint density at radius 1 is 1.00 bits per heavy atom. The van der Waals surface area contributed by atoms with E-state index in [0.717, 1.165) is 11.1 Å². The third kappa shape index (κ3) is 3.50. The minimum absolute atomic E-state index is 0.00361. The van der Waals surface area contributed by atoms with Gasteiger partial charge in [0, 0.05) is 11.8 Å². The van der Waals surface area contributed by atoms with Crippen molar-refractivity contribution in [2.24, 2.45) is 4.99 Å². The maximum Gasteiger partial charge on any atom is 0.354 e. The standard InChI is InChI=1S/C21H14FN3O3/c22-15-4-1-12(2-5-15)13-3-6-16-18(9-13)25-20(26)11-17(24-16)14-7-8-23-19(10-14)21(27)28/h1-10H,11H2,(H,25,26)(H,27,28). The van der Waals surface area contributed by atoms with Crippen LogP contribution in [-0.2, 0) is 4.79 Å². The van der Waals surface area contributed by atoms with Crippen molar-refractivity contribution in [3.8, 4) is 11.1 Å². The van der Waals surface area contributed by atoms with E-state index in [-0.39, 0.29) is 23.8 Å². The predicted molar refractivity (Wildman–Crippen MR) is 102 cm³/mol. The number of fused-ring (bicyclic) bond motifs is 1. The van der Waals surface area contributed by atoms with Gasteiger partial charge in [0.1, 0.15) is 11.5 Å². The number of nitrogens with zero attached hydrogens (tertiary/aromatic N) is 2. The molecule has 1 aliphatic heterocycles. The number of rotatable bonds is 3. The highest BCUT2D eigenvalue weighted by Crippen LogP contribution is 2.33. The fraction of sp³-hybridized carbons (Fsp3) is 0.0476. The van der Waals surface area contributed by atoms with Crippen molar-refractivity contribution >= 4 is 29.0 Å². The Balaban J connectivity index is 1.76. The number of amides is 1. The SMILES string of the molecule is O=C1CC(c2ccnc(C(=O)O)c2)=Nc2ccc(-c3ccc(F)cc3)cc2N1. The second-order valence-corrected chi connectivity index (χ2v) is 6.26. The molecule has 0 aliphatic carbocycles. The molecule has 1 amide bonds. The van der Waals surface area contributed by atoms with Crippen LogP contribution in [0.2, 0.25) is 0 Å². The summed E-state index contributed by atoms with van der Waals surface area (Å²) in [7, 11) is 0. The van der Waals surface area contributed by atoms with Gasteiger partial charge in [0.2, 0.25) is 5.91 Å². The molecule has 2 heterocycles. The lowest BCUT2D eigenvalue weighted by Crippen LogP contribution is -2.15. The van der Waals surface area contributed by atoms with Crippen molar-refractivity contribution < 1.29 is 19.1 Å². The first-order valence-electron chi connectivity index (χ1n) is 8.47. The average molecular weight is 375 g/mol. The highest BCUT2D eigenvalue weighted by Gasteiger charge is 2.19. The van der Waals surface area contributed by atoms with E-state index in [9.17, 15) is 14.0 Å². The van der Waals surface area contributed by atoms with E-state index >= 15 is 0 Å². The van der Waals surface area contributed by atoms with Crippen LogP contribution in [0, 0.1) is 5.82 Å². The summed E-state index contributed by atoms with van der Waals surface area (Å²) in [5.41, 5.74) is 3.59. The first kappa shape index (κ1) is 17.5. The summed E-state index contributed by atoms with van der Waals surface area (Å²) in [5.74, 6) is -1.73.